The monoisotopic (exact) mass is 417 g/mol. The summed E-state index contributed by atoms with van der Waals surface area (Å²) in [5, 5.41) is 6.28. The van der Waals surface area contributed by atoms with Gasteiger partial charge in [0.1, 0.15) is 5.82 Å². The zero-order chi connectivity index (χ0) is 22.2. The van der Waals surface area contributed by atoms with Crippen molar-refractivity contribution in [3.8, 4) is 11.1 Å². The molecular weight excluding hydrogens is 390 g/mol. The molecule has 0 fully saturated rings. The second-order valence-electron chi connectivity index (χ2n) is 7.24. The van der Waals surface area contributed by atoms with E-state index in [1.54, 1.807) is 12.3 Å². The lowest BCUT2D eigenvalue weighted by Crippen LogP contribution is -2.14. The van der Waals surface area contributed by atoms with Gasteiger partial charge in [0.15, 0.2) is 0 Å². The van der Waals surface area contributed by atoms with E-state index in [0.29, 0.717) is 30.0 Å². The van der Waals surface area contributed by atoms with Crippen molar-refractivity contribution in [2.24, 2.45) is 0 Å². The molecule has 0 aliphatic carbocycles. The predicted molar refractivity (Wildman–Crippen MR) is 123 cm³/mol. The molecule has 0 radical (unpaired) electrons. The third-order valence-corrected chi connectivity index (χ3v) is 4.96. The summed E-state index contributed by atoms with van der Waals surface area (Å²) in [6, 6.07) is 17.2. The highest BCUT2D eigenvalue weighted by molar-refractivity contribution is 5.97. The molecule has 2 aromatic carbocycles. The van der Waals surface area contributed by atoms with Crippen LogP contribution in [0.15, 0.2) is 60.8 Å². The molecule has 160 valence electrons. The van der Waals surface area contributed by atoms with E-state index < -0.39 is 0 Å². The van der Waals surface area contributed by atoms with E-state index in [1.165, 1.54) is 7.11 Å². The summed E-state index contributed by atoms with van der Waals surface area (Å²) in [5.41, 5.74) is 5.02. The van der Waals surface area contributed by atoms with Gasteiger partial charge < -0.3 is 15.4 Å². The Hall–Kier alpha value is -3.67. The van der Waals surface area contributed by atoms with Crippen LogP contribution >= 0.6 is 0 Å². The first-order valence-electron chi connectivity index (χ1n) is 10.3. The average molecular weight is 418 g/mol. The lowest BCUT2D eigenvalue weighted by Gasteiger charge is -2.15. The van der Waals surface area contributed by atoms with E-state index in [0.717, 1.165) is 28.7 Å². The van der Waals surface area contributed by atoms with Crippen LogP contribution in [-0.2, 0) is 16.1 Å². The van der Waals surface area contributed by atoms with Gasteiger partial charge in [-0.15, -0.1) is 0 Å². The van der Waals surface area contributed by atoms with Crippen LogP contribution in [0.5, 0.6) is 0 Å². The number of hydrogen-bond donors (Lipinski definition) is 2. The Balaban J connectivity index is 1.75. The first kappa shape index (κ1) is 22.0. The number of rotatable bonds is 8. The third-order valence-electron chi connectivity index (χ3n) is 4.96. The molecule has 1 amide bonds. The number of esters is 1. The minimum atomic E-state index is -0.357. The minimum Gasteiger partial charge on any atom is -0.465 e. The highest BCUT2D eigenvalue weighted by atomic mass is 16.5. The van der Waals surface area contributed by atoms with Crippen LogP contribution in [0.2, 0.25) is 0 Å². The molecule has 0 bridgehead atoms. The molecule has 6 nitrogen and oxygen atoms in total. The summed E-state index contributed by atoms with van der Waals surface area (Å²) in [5.74, 6) is 0.268. The molecule has 0 spiro atoms. The molecule has 0 aliphatic heterocycles. The van der Waals surface area contributed by atoms with Crippen LogP contribution in [-0.4, -0.2) is 24.0 Å². The van der Waals surface area contributed by atoms with E-state index in [1.807, 2.05) is 62.4 Å². The molecule has 0 unspecified atom stereocenters. The van der Waals surface area contributed by atoms with Crippen LogP contribution in [0.25, 0.3) is 11.1 Å². The number of carbonyl (C=O) groups is 2. The van der Waals surface area contributed by atoms with Crippen LogP contribution in [0.4, 0.5) is 11.5 Å². The number of amides is 1. The Morgan fingerprint density at radius 2 is 1.77 bits per heavy atom. The number of aryl methyl sites for hydroxylation is 1. The fourth-order valence-electron chi connectivity index (χ4n) is 3.29. The van der Waals surface area contributed by atoms with E-state index >= 15 is 0 Å². The number of benzene rings is 2. The fraction of sp³-hybridized carbons (Fsp3) is 0.240. The summed E-state index contributed by atoms with van der Waals surface area (Å²) in [6.45, 7) is 4.47. The zero-order valence-electron chi connectivity index (χ0n) is 18.1. The van der Waals surface area contributed by atoms with Crippen LogP contribution in [0.3, 0.4) is 0 Å². The van der Waals surface area contributed by atoms with Crippen LogP contribution < -0.4 is 10.6 Å². The van der Waals surface area contributed by atoms with Crippen molar-refractivity contribution >= 4 is 23.4 Å². The highest BCUT2D eigenvalue weighted by Gasteiger charge is 2.13. The molecule has 1 heterocycles. The van der Waals surface area contributed by atoms with Crippen molar-refractivity contribution in [1.29, 1.82) is 0 Å². The molecule has 0 atom stereocenters. The normalized spacial score (nSPS) is 10.4. The number of nitrogens with one attached hydrogen (secondary N) is 2. The first-order chi connectivity index (χ1) is 15.0. The maximum absolute atomic E-state index is 12.1. The molecule has 2 N–H and O–H groups in total. The predicted octanol–water partition coefficient (Wildman–Crippen LogP) is 5.19. The third kappa shape index (κ3) is 5.48. The molecule has 31 heavy (non-hydrogen) atoms. The van der Waals surface area contributed by atoms with Crippen molar-refractivity contribution in [1.82, 2.24) is 4.98 Å². The molecule has 3 rings (SSSR count). The molecule has 1 aromatic heterocycles. The van der Waals surface area contributed by atoms with Crippen molar-refractivity contribution in [3.05, 3.63) is 77.5 Å². The Bertz CT molecular complexity index is 1060. The maximum Gasteiger partial charge on any atom is 0.338 e. The van der Waals surface area contributed by atoms with Crippen molar-refractivity contribution < 1.29 is 14.3 Å². The van der Waals surface area contributed by atoms with Crippen molar-refractivity contribution in [3.63, 3.8) is 0 Å². The number of nitrogens with zero attached hydrogens (tertiary/aromatic N) is 1. The molecular formula is C25H27N3O3. The number of pyridine rings is 1. The van der Waals surface area contributed by atoms with Gasteiger partial charge in [0.25, 0.3) is 0 Å². The first-order valence-corrected chi connectivity index (χ1v) is 10.3. The molecule has 0 saturated heterocycles. The molecule has 6 heteroatoms. The van der Waals surface area contributed by atoms with Gasteiger partial charge in [-0.2, -0.15) is 0 Å². The smallest absolute Gasteiger partial charge is 0.338 e. The number of carbonyl (C=O) groups excluding carboxylic acids is 2. The van der Waals surface area contributed by atoms with Gasteiger partial charge in [-0.05, 0) is 47.7 Å². The standard InChI is InChI=1S/C25H27N3O3/c1-4-7-22(29)28-23-17(2)14-15-26-24(23)27-16-18-10-12-19(13-11-18)20-8-5-6-9-21(20)25(30)31-3/h5-6,8-15H,4,7,16H2,1-3H3,(H,26,27)(H,28,29). The van der Waals surface area contributed by atoms with Gasteiger partial charge in [0, 0.05) is 19.2 Å². The number of hydrogen-bond acceptors (Lipinski definition) is 5. The fourth-order valence-corrected chi connectivity index (χ4v) is 3.29. The number of aromatic nitrogens is 1. The van der Waals surface area contributed by atoms with E-state index in [-0.39, 0.29) is 11.9 Å². The average Bonchev–Trinajstić information content (AvgIpc) is 2.79. The van der Waals surface area contributed by atoms with Crippen molar-refractivity contribution in [2.45, 2.75) is 33.2 Å². The summed E-state index contributed by atoms with van der Waals surface area (Å²) in [4.78, 5) is 28.5. The largest absolute Gasteiger partial charge is 0.465 e. The zero-order valence-corrected chi connectivity index (χ0v) is 18.1. The van der Waals surface area contributed by atoms with Crippen molar-refractivity contribution in [2.75, 3.05) is 17.7 Å². The Morgan fingerprint density at radius 1 is 1.03 bits per heavy atom. The Labute approximate surface area is 182 Å². The van der Waals surface area contributed by atoms with Crippen LogP contribution in [0, 0.1) is 6.92 Å². The van der Waals surface area contributed by atoms with E-state index in [2.05, 4.69) is 15.6 Å². The van der Waals surface area contributed by atoms with Crippen LogP contribution in [0.1, 0.15) is 41.3 Å². The maximum atomic E-state index is 12.1. The van der Waals surface area contributed by atoms with Gasteiger partial charge in [-0.1, -0.05) is 49.4 Å². The second kappa shape index (κ2) is 10.4. The number of anilines is 2. The molecule has 0 aliphatic rings. The number of ether oxygens (including phenoxy) is 1. The summed E-state index contributed by atoms with van der Waals surface area (Å²) in [7, 11) is 1.38. The lowest BCUT2D eigenvalue weighted by molar-refractivity contribution is -0.116. The van der Waals surface area contributed by atoms with Gasteiger partial charge >= 0.3 is 5.97 Å². The van der Waals surface area contributed by atoms with Gasteiger partial charge in [0.2, 0.25) is 5.91 Å². The quantitative estimate of drug-likeness (QED) is 0.493. The van der Waals surface area contributed by atoms with Gasteiger partial charge in [-0.25, -0.2) is 9.78 Å². The summed E-state index contributed by atoms with van der Waals surface area (Å²) < 4.78 is 4.89. The second-order valence-corrected chi connectivity index (χ2v) is 7.24. The highest BCUT2D eigenvalue weighted by Crippen LogP contribution is 2.26. The van der Waals surface area contributed by atoms with Gasteiger partial charge in [-0.3, -0.25) is 4.79 Å². The SMILES string of the molecule is CCCC(=O)Nc1c(C)ccnc1NCc1ccc(-c2ccccc2C(=O)OC)cc1. The Kier molecular flexibility index (Phi) is 7.38. The lowest BCUT2D eigenvalue weighted by atomic mass is 9.98. The summed E-state index contributed by atoms with van der Waals surface area (Å²) >= 11 is 0. The topological polar surface area (TPSA) is 80.3 Å². The number of methoxy groups -OCH3 is 1. The molecule has 0 saturated carbocycles. The van der Waals surface area contributed by atoms with E-state index in [9.17, 15) is 9.59 Å². The minimum absolute atomic E-state index is 0.0183. The molecule has 3 aromatic rings. The van der Waals surface area contributed by atoms with Gasteiger partial charge in [0.05, 0.1) is 18.4 Å². The Morgan fingerprint density at radius 3 is 2.48 bits per heavy atom. The van der Waals surface area contributed by atoms with E-state index in [4.69, 9.17) is 4.74 Å². The summed E-state index contributed by atoms with van der Waals surface area (Å²) in [6.07, 6.45) is 2.99.